The highest BCUT2D eigenvalue weighted by molar-refractivity contribution is 7.99. The van der Waals surface area contributed by atoms with Crippen molar-refractivity contribution in [2.24, 2.45) is 5.92 Å². The van der Waals surface area contributed by atoms with Crippen molar-refractivity contribution in [2.75, 3.05) is 18.1 Å². The Labute approximate surface area is 105 Å². The zero-order chi connectivity index (χ0) is 12.0. The van der Waals surface area contributed by atoms with Gasteiger partial charge in [-0.1, -0.05) is 19.8 Å². The van der Waals surface area contributed by atoms with E-state index in [1.807, 2.05) is 25.6 Å². The first kappa shape index (κ1) is 14.3. The molecule has 0 bridgehead atoms. The molecule has 0 heterocycles. The summed E-state index contributed by atoms with van der Waals surface area (Å²) in [6.45, 7) is 7.13. The second-order valence-electron chi connectivity index (χ2n) is 5.52. The second kappa shape index (κ2) is 6.87. The van der Waals surface area contributed by atoms with Gasteiger partial charge in [0.05, 0.1) is 5.60 Å². The quantitative estimate of drug-likeness (QED) is 0.676. The maximum atomic E-state index is 9.57. The first-order chi connectivity index (χ1) is 7.53. The first-order valence-corrected chi connectivity index (χ1v) is 7.72. The van der Waals surface area contributed by atoms with Crippen LogP contribution < -0.4 is 5.32 Å². The normalized spacial score (nSPS) is 26.2. The first-order valence-electron chi connectivity index (χ1n) is 6.56. The largest absolute Gasteiger partial charge is 0.390 e. The van der Waals surface area contributed by atoms with E-state index in [-0.39, 0.29) is 0 Å². The van der Waals surface area contributed by atoms with Crippen molar-refractivity contribution in [3.05, 3.63) is 0 Å². The minimum Gasteiger partial charge on any atom is -0.390 e. The zero-order valence-corrected chi connectivity index (χ0v) is 11.8. The molecule has 0 saturated heterocycles. The van der Waals surface area contributed by atoms with E-state index in [9.17, 15) is 5.11 Å². The van der Waals surface area contributed by atoms with Gasteiger partial charge in [-0.05, 0) is 32.6 Å². The third-order valence-electron chi connectivity index (χ3n) is 3.29. The summed E-state index contributed by atoms with van der Waals surface area (Å²) in [7, 11) is 0. The molecular weight excluding hydrogens is 218 g/mol. The van der Waals surface area contributed by atoms with Gasteiger partial charge in [0, 0.05) is 24.1 Å². The Morgan fingerprint density at radius 2 is 2.12 bits per heavy atom. The fraction of sp³-hybridized carbons (Fsp3) is 1.00. The fourth-order valence-corrected chi connectivity index (χ4v) is 3.34. The van der Waals surface area contributed by atoms with E-state index in [1.165, 1.54) is 25.7 Å². The van der Waals surface area contributed by atoms with E-state index in [0.29, 0.717) is 0 Å². The summed E-state index contributed by atoms with van der Waals surface area (Å²) in [4.78, 5) is 0. The van der Waals surface area contributed by atoms with Crippen molar-refractivity contribution in [3.8, 4) is 0 Å². The van der Waals surface area contributed by atoms with Crippen molar-refractivity contribution >= 4 is 11.8 Å². The summed E-state index contributed by atoms with van der Waals surface area (Å²) in [5, 5.41) is 13.2. The Hall–Kier alpha value is 0.270. The van der Waals surface area contributed by atoms with E-state index in [1.54, 1.807) is 0 Å². The molecule has 16 heavy (non-hydrogen) atoms. The van der Waals surface area contributed by atoms with Crippen LogP contribution in [-0.4, -0.2) is 34.8 Å². The lowest BCUT2D eigenvalue weighted by atomic mass is 10.0. The average Bonchev–Trinajstić information content (AvgIpc) is 2.63. The Bertz CT molecular complexity index is 191. The van der Waals surface area contributed by atoms with E-state index in [2.05, 4.69) is 12.2 Å². The van der Waals surface area contributed by atoms with E-state index < -0.39 is 5.60 Å². The van der Waals surface area contributed by atoms with Crippen molar-refractivity contribution in [3.63, 3.8) is 0 Å². The van der Waals surface area contributed by atoms with Gasteiger partial charge >= 0.3 is 0 Å². The molecule has 0 aromatic carbocycles. The van der Waals surface area contributed by atoms with Gasteiger partial charge < -0.3 is 10.4 Å². The summed E-state index contributed by atoms with van der Waals surface area (Å²) < 4.78 is 0. The Morgan fingerprint density at radius 3 is 2.75 bits per heavy atom. The molecule has 0 radical (unpaired) electrons. The Kier molecular flexibility index (Phi) is 6.16. The van der Waals surface area contributed by atoms with E-state index in [0.717, 1.165) is 30.0 Å². The van der Waals surface area contributed by atoms with Gasteiger partial charge in [-0.3, -0.25) is 0 Å². The molecule has 2 N–H and O–H groups in total. The molecule has 0 aromatic heterocycles. The molecule has 1 rings (SSSR count). The van der Waals surface area contributed by atoms with Crippen LogP contribution in [0.25, 0.3) is 0 Å². The lowest BCUT2D eigenvalue weighted by Crippen LogP contribution is -2.34. The topological polar surface area (TPSA) is 32.3 Å². The van der Waals surface area contributed by atoms with Gasteiger partial charge in [-0.25, -0.2) is 0 Å². The van der Waals surface area contributed by atoms with E-state index >= 15 is 0 Å². The maximum Gasteiger partial charge on any atom is 0.0681 e. The number of thioether (sulfide) groups is 1. The van der Waals surface area contributed by atoms with Crippen LogP contribution in [0.1, 0.15) is 46.5 Å². The summed E-state index contributed by atoms with van der Waals surface area (Å²) >= 11 is 1.84. The van der Waals surface area contributed by atoms with Crippen LogP contribution in [-0.2, 0) is 0 Å². The molecule has 3 heteroatoms. The monoisotopic (exact) mass is 245 g/mol. The Morgan fingerprint density at radius 1 is 1.38 bits per heavy atom. The van der Waals surface area contributed by atoms with Crippen molar-refractivity contribution in [2.45, 2.75) is 58.1 Å². The van der Waals surface area contributed by atoms with Crippen LogP contribution in [0.4, 0.5) is 0 Å². The van der Waals surface area contributed by atoms with Crippen LogP contribution in [0.5, 0.6) is 0 Å². The van der Waals surface area contributed by atoms with Crippen molar-refractivity contribution < 1.29 is 5.11 Å². The fourth-order valence-electron chi connectivity index (χ4n) is 2.43. The lowest BCUT2D eigenvalue weighted by molar-refractivity contribution is 0.107. The van der Waals surface area contributed by atoms with Crippen LogP contribution in [0.15, 0.2) is 0 Å². The third-order valence-corrected chi connectivity index (χ3v) is 4.70. The second-order valence-corrected chi connectivity index (χ2v) is 6.63. The standard InChI is InChI=1S/C13H27NOS/c1-4-11-6-5-7-12(11)14-8-9-16-10-13(2,3)15/h11-12,14-15H,4-10H2,1-3H3. The summed E-state index contributed by atoms with van der Waals surface area (Å²) in [6, 6.07) is 0.757. The molecule has 0 amide bonds. The van der Waals surface area contributed by atoms with Gasteiger partial charge in [-0.2, -0.15) is 11.8 Å². The predicted molar refractivity (Wildman–Crippen MR) is 73.0 cm³/mol. The summed E-state index contributed by atoms with van der Waals surface area (Å²) in [6.07, 6.45) is 5.47. The predicted octanol–water partition coefficient (Wildman–Crippen LogP) is 2.66. The summed E-state index contributed by atoms with van der Waals surface area (Å²) in [5.74, 6) is 2.84. The molecular formula is C13H27NOS. The van der Waals surface area contributed by atoms with Gasteiger partial charge in [0.2, 0.25) is 0 Å². The van der Waals surface area contributed by atoms with Gasteiger partial charge in [0.15, 0.2) is 0 Å². The molecule has 0 aromatic rings. The molecule has 1 aliphatic rings. The molecule has 1 saturated carbocycles. The number of hydrogen-bond donors (Lipinski definition) is 2. The zero-order valence-electron chi connectivity index (χ0n) is 11.0. The molecule has 96 valence electrons. The number of nitrogens with one attached hydrogen (secondary N) is 1. The third kappa shape index (κ3) is 5.55. The molecule has 0 spiro atoms. The Balaban J connectivity index is 2.03. The number of hydrogen-bond acceptors (Lipinski definition) is 3. The minimum absolute atomic E-state index is 0.524. The molecule has 2 nitrogen and oxygen atoms in total. The van der Waals surface area contributed by atoms with Crippen LogP contribution in [0, 0.1) is 5.92 Å². The molecule has 0 aliphatic heterocycles. The van der Waals surface area contributed by atoms with Gasteiger partial charge in [-0.15, -0.1) is 0 Å². The van der Waals surface area contributed by atoms with Crippen molar-refractivity contribution in [1.82, 2.24) is 5.32 Å². The van der Waals surface area contributed by atoms with Crippen LogP contribution in [0.3, 0.4) is 0 Å². The highest BCUT2D eigenvalue weighted by Gasteiger charge is 2.24. The molecule has 2 unspecified atom stereocenters. The SMILES string of the molecule is CCC1CCCC1NCCSCC(C)(C)O. The average molecular weight is 245 g/mol. The highest BCUT2D eigenvalue weighted by Crippen LogP contribution is 2.27. The number of rotatable bonds is 7. The van der Waals surface area contributed by atoms with Crippen molar-refractivity contribution in [1.29, 1.82) is 0 Å². The highest BCUT2D eigenvalue weighted by atomic mass is 32.2. The van der Waals surface area contributed by atoms with E-state index in [4.69, 9.17) is 0 Å². The lowest BCUT2D eigenvalue weighted by Gasteiger charge is -2.20. The molecule has 1 aliphatic carbocycles. The van der Waals surface area contributed by atoms with Gasteiger partial charge in [0.25, 0.3) is 0 Å². The smallest absolute Gasteiger partial charge is 0.0681 e. The maximum absolute atomic E-state index is 9.57. The summed E-state index contributed by atoms with van der Waals surface area (Å²) in [5.41, 5.74) is -0.524. The minimum atomic E-state index is -0.524. The van der Waals surface area contributed by atoms with Gasteiger partial charge in [0.1, 0.15) is 0 Å². The molecule has 1 fully saturated rings. The molecule has 2 atom stereocenters. The van der Waals surface area contributed by atoms with Crippen LogP contribution >= 0.6 is 11.8 Å². The number of aliphatic hydroxyl groups is 1. The van der Waals surface area contributed by atoms with Crippen LogP contribution in [0.2, 0.25) is 0 Å².